The molecule has 0 aliphatic heterocycles. The van der Waals surface area contributed by atoms with E-state index in [1.807, 2.05) is 0 Å². The average molecular weight is 286 g/mol. The van der Waals surface area contributed by atoms with E-state index in [-0.39, 0.29) is 18.3 Å². The predicted molar refractivity (Wildman–Crippen MR) is 64.2 cm³/mol. The van der Waals surface area contributed by atoms with Gasteiger partial charge < -0.3 is 5.11 Å². The lowest BCUT2D eigenvalue weighted by atomic mass is 9.68. The molecule has 1 aromatic rings. The van der Waals surface area contributed by atoms with E-state index in [4.69, 9.17) is 5.11 Å². The van der Waals surface area contributed by atoms with Crippen molar-refractivity contribution < 1.29 is 27.9 Å². The molecule has 0 amide bonds. The molecule has 0 spiro atoms. The minimum absolute atomic E-state index is 0.0272. The summed E-state index contributed by atoms with van der Waals surface area (Å²) in [5, 5.41) is 8.56. The summed E-state index contributed by atoms with van der Waals surface area (Å²) in [6, 6.07) is 4.85. The fraction of sp³-hybridized carbons (Fsp3) is 0.429. The number of benzene rings is 1. The Balaban J connectivity index is 2.05. The van der Waals surface area contributed by atoms with Gasteiger partial charge in [-0.2, -0.15) is 13.2 Å². The quantitative estimate of drug-likeness (QED) is 0.864. The molecule has 3 nitrogen and oxygen atoms in total. The number of carboxylic acid groups (broad SMARTS) is 1. The van der Waals surface area contributed by atoms with Crippen LogP contribution in [-0.4, -0.2) is 16.9 Å². The van der Waals surface area contributed by atoms with Gasteiger partial charge in [0.05, 0.1) is 5.56 Å². The number of halogens is 3. The Morgan fingerprint density at radius 2 is 1.75 bits per heavy atom. The van der Waals surface area contributed by atoms with Crippen LogP contribution in [0, 0.1) is 5.92 Å². The molecule has 108 valence electrons. The number of hydrogen-bond donors (Lipinski definition) is 1. The molecule has 1 N–H and O–H groups in total. The van der Waals surface area contributed by atoms with Crippen LogP contribution in [0.25, 0.3) is 0 Å². The van der Waals surface area contributed by atoms with E-state index in [1.165, 1.54) is 12.1 Å². The summed E-state index contributed by atoms with van der Waals surface area (Å²) >= 11 is 0. The average Bonchev–Trinajstić information content (AvgIpc) is 2.33. The van der Waals surface area contributed by atoms with Crippen LogP contribution in [0.2, 0.25) is 0 Å². The minimum atomic E-state index is -4.36. The maximum absolute atomic E-state index is 12.4. The van der Waals surface area contributed by atoms with Crippen LogP contribution in [0.1, 0.15) is 36.3 Å². The fourth-order valence-corrected chi connectivity index (χ4v) is 2.50. The van der Waals surface area contributed by atoms with Gasteiger partial charge in [-0.05, 0) is 42.4 Å². The van der Waals surface area contributed by atoms with Crippen LogP contribution in [0.3, 0.4) is 0 Å². The molecule has 6 heteroatoms. The third kappa shape index (κ3) is 3.00. The van der Waals surface area contributed by atoms with Crippen LogP contribution >= 0.6 is 0 Å². The second-order valence-corrected chi connectivity index (χ2v) is 5.00. The number of Topliss-reactive ketones (excluding diaryl/α,β-unsaturated/α-hetero) is 1. The third-order valence-electron chi connectivity index (χ3n) is 3.77. The van der Waals surface area contributed by atoms with E-state index in [1.54, 1.807) is 0 Å². The number of carboxylic acids is 1. The van der Waals surface area contributed by atoms with Gasteiger partial charge in [-0.15, -0.1) is 0 Å². The molecular formula is C14H13F3O3. The SMILES string of the molecule is O=C(O)C(=O)CC1CCC1c1ccc(C(F)(F)F)cc1. The number of carbonyl (C=O) groups excluding carboxylic acids is 1. The summed E-state index contributed by atoms with van der Waals surface area (Å²) in [7, 11) is 0. The number of aliphatic carboxylic acids is 1. The summed E-state index contributed by atoms with van der Waals surface area (Å²) in [4.78, 5) is 21.7. The summed E-state index contributed by atoms with van der Waals surface area (Å²) < 4.78 is 37.3. The summed E-state index contributed by atoms with van der Waals surface area (Å²) in [6.07, 6.45) is -2.93. The highest BCUT2D eigenvalue weighted by Crippen LogP contribution is 2.45. The molecule has 1 fully saturated rings. The Labute approximate surface area is 113 Å². The molecular weight excluding hydrogens is 273 g/mol. The summed E-state index contributed by atoms with van der Waals surface area (Å²) in [6.45, 7) is 0. The van der Waals surface area contributed by atoms with Crippen LogP contribution in [0.4, 0.5) is 13.2 Å². The van der Waals surface area contributed by atoms with Gasteiger partial charge >= 0.3 is 12.1 Å². The predicted octanol–water partition coefficient (Wildman–Crippen LogP) is 3.24. The molecule has 1 aliphatic rings. The lowest BCUT2D eigenvalue weighted by Crippen LogP contribution is -2.28. The first-order chi connectivity index (χ1) is 9.29. The lowest BCUT2D eigenvalue weighted by molar-refractivity contribution is -0.149. The summed E-state index contributed by atoms with van der Waals surface area (Å²) in [5.41, 5.74) is 0.0196. The molecule has 0 aromatic heterocycles. The molecule has 20 heavy (non-hydrogen) atoms. The maximum atomic E-state index is 12.4. The van der Waals surface area contributed by atoms with E-state index in [0.29, 0.717) is 0 Å². The van der Waals surface area contributed by atoms with E-state index >= 15 is 0 Å². The van der Waals surface area contributed by atoms with Crippen molar-refractivity contribution in [3.05, 3.63) is 35.4 Å². The first-order valence-corrected chi connectivity index (χ1v) is 6.22. The van der Waals surface area contributed by atoms with E-state index < -0.39 is 23.5 Å². The number of rotatable bonds is 4. The Morgan fingerprint density at radius 1 is 1.15 bits per heavy atom. The van der Waals surface area contributed by atoms with Crippen molar-refractivity contribution in [1.82, 2.24) is 0 Å². The highest BCUT2D eigenvalue weighted by molar-refractivity contribution is 6.32. The molecule has 2 rings (SSSR count). The lowest BCUT2D eigenvalue weighted by Gasteiger charge is -2.36. The minimum Gasteiger partial charge on any atom is -0.476 e. The van der Waals surface area contributed by atoms with Crippen molar-refractivity contribution >= 4 is 11.8 Å². The number of ketones is 1. The summed E-state index contributed by atoms with van der Waals surface area (Å²) in [5.74, 6) is -2.41. The first-order valence-electron chi connectivity index (χ1n) is 6.22. The molecule has 0 heterocycles. The number of carbonyl (C=O) groups is 2. The Kier molecular flexibility index (Phi) is 3.83. The van der Waals surface area contributed by atoms with Crippen LogP contribution in [0.15, 0.2) is 24.3 Å². The van der Waals surface area contributed by atoms with Crippen molar-refractivity contribution in [2.75, 3.05) is 0 Å². The first kappa shape index (κ1) is 14.6. The monoisotopic (exact) mass is 286 g/mol. The fourth-order valence-electron chi connectivity index (χ4n) is 2.50. The topological polar surface area (TPSA) is 54.4 Å². The van der Waals surface area contributed by atoms with Gasteiger partial charge in [-0.1, -0.05) is 12.1 Å². The van der Waals surface area contributed by atoms with Gasteiger partial charge in [0.2, 0.25) is 5.78 Å². The second-order valence-electron chi connectivity index (χ2n) is 5.00. The number of alkyl halides is 3. The van der Waals surface area contributed by atoms with Gasteiger partial charge in [0, 0.05) is 6.42 Å². The van der Waals surface area contributed by atoms with Gasteiger partial charge in [-0.3, -0.25) is 4.79 Å². The maximum Gasteiger partial charge on any atom is 0.416 e. The molecule has 1 aromatic carbocycles. The van der Waals surface area contributed by atoms with Gasteiger partial charge in [0.25, 0.3) is 0 Å². The molecule has 2 atom stereocenters. The zero-order valence-corrected chi connectivity index (χ0v) is 10.5. The van der Waals surface area contributed by atoms with Gasteiger partial charge in [0.1, 0.15) is 0 Å². The molecule has 0 saturated heterocycles. The number of hydrogen-bond acceptors (Lipinski definition) is 2. The van der Waals surface area contributed by atoms with Gasteiger partial charge in [0.15, 0.2) is 0 Å². The van der Waals surface area contributed by atoms with Crippen molar-refractivity contribution in [3.63, 3.8) is 0 Å². The molecule has 1 saturated carbocycles. The zero-order chi connectivity index (χ0) is 14.9. The Bertz CT molecular complexity index is 519. The van der Waals surface area contributed by atoms with Gasteiger partial charge in [-0.25, -0.2) is 4.79 Å². The molecule has 2 unspecified atom stereocenters. The highest BCUT2D eigenvalue weighted by Gasteiger charge is 2.36. The van der Waals surface area contributed by atoms with Crippen molar-refractivity contribution in [3.8, 4) is 0 Å². The molecule has 0 bridgehead atoms. The smallest absolute Gasteiger partial charge is 0.416 e. The second kappa shape index (κ2) is 5.26. The van der Waals surface area contributed by atoms with Crippen LogP contribution in [0.5, 0.6) is 0 Å². The zero-order valence-electron chi connectivity index (χ0n) is 10.5. The van der Waals surface area contributed by atoms with Crippen molar-refractivity contribution in [2.24, 2.45) is 5.92 Å². The standard InChI is InChI=1S/C14H13F3O3/c15-14(16,17)10-4-1-8(2-5-10)11-6-3-9(11)7-12(18)13(19)20/h1-2,4-5,9,11H,3,6-7H2,(H,19,20). The van der Waals surface area contributed by atoms with E-state index in [2.05, 4.69) is 0 Å². The molecule has 0 radical (unpaired) electrons. The van der Waals surface area contributed by atoms with Crippen LogP contribution in [-0.2, 0) is 15.8 Å². The highest BCUT2D eigenvalue weighted by atomic mass is 19.4. The normalized spacial score (nSPS) is 22.1. The van der Waals surface area contributed by atoms with E-state index in [9.17, 15) is 22.8 Å². The van der Waals surface area contributed by atoms with E-state index in [0.717, 1.165) is 30.5 Å². The van der Waals surface area contributed by atoms with Crippen molar-refractivity contribution in [2.45, 2.75) is 31.4 Å². The Hall–Kier alpha value is -1.85. The largest absolute Gasteiger partial charge is 0.476 e. The Morgan fingerprint density at radius 3 is 2.15 bits per heavy atom. The van der Waals surface area contributed by atoms with Crippen molar-refractivity contribution in [1.29, 1.82) is 0 Å². The molecule has 1 aliphatic carbocycles. The van der Waals surface area contributed by atoms with Crippen LogP contribution < -0.4 is 0 Å². The third-order valence-corrected chi connectivity index (χ3v) is 3.77.